The van der Waals surface area contributed by atoms with Gasteiger partial charge < -0.3 is 9.47 Å². The second-order valence-electron chi connectivity index (χ2n) is 5.09. The van der Waals surface area contributed by atoms with E-state index >= 15 is 0 Å². The van der Waals surface area contributed by atoms with Gasteiger partial charge in [0, 0.05) is 17.4 Å². The van der Waals surface area contributed by atoms with Crippen LogP contribution in [0.25, 0.3) is 10.8 Å². The molecule has 0 spiro atoms. The summed E-state index contributed by atoms with van der Waals surface area (Å²) in [5, 5.41) is 11.0. The van der Waals surface area contributed by atoms with Crippen molar-refractivity contribution in [2.75, 3.05) is 19.8 Å². The van der Waals surface area contributed by atoms with E-state index in [1.165, 1.54) is 0 Å². The molecule has 0 saturated carbocycles. The van der Waals surface area contributed by atoms with Crippen LogP contribution in [0, 0.1) is 17.2 Å². The molecule has 0 fully saturated rings. The van der Waals surface area contributed by atoms with E-state index in [1.54, 1.807) is 6.07 Å². The number of nitriles is 1. The highest BCUT2D eigenvalue weighted by atomic mass is 16.5. The second-order valence-corrected chi connectivity index (χ2v) is 5.09. The molecule has 0 saturated heterocycles. The van der Waals surface area contributed by atoms with Crippen molar-refractivity contribution in [1.29, 1.82) is 5.26 Å². The maximum absolute atomic E-state index is 9.11. The number of rotatable bonds is 6. The molecule has 2 rings (SSSR count). The molecule has 0 unspecified atom stereocenters. The van der Waals surface area contributed by atoms with Crippen LogP contribution in [0.5, 0.6) is 5.75 Å². The third kappa shape index (κ3) is 3.49. The van der Waals surface area contributed by atoms with Crippen LogP contribution in [-0.4, -0.2) is 19.8 Å². The smallest absolute Gasteiger partial charge is 0.127 e. The first-order valence-corrected chi connectivity index (χ1v) is 6.84. The molecule has 0 radical (unpaired) electrons. The normalized spacial score (nSPS) is 10.7. The van der Waals surface area contributed by atoms with Crippen molar-refractivity contribution < 1.29 is 9.47 Å². The Hall–Kier alpha value is -2.05. The van der Waals surface area contributed by atoms with Gasteiger partial charge in [0.1, 0.15) is 12.4 Å². The number of hydrogen-bond donors (Lipinski definition) is 0. The molecule has 0 aliphatic carbocycles. The van der Waals surface area contributed by atoms with Gasteiger partial charge in [0.15, 0.2) is 0 Å². The fourth-order valence-corrected chi connectivity index (χ4v) is 2.02. The summed E-state index contributed by atoms with van der Waals surface area (Å²) < 4.78 is 11.3. The van der Waals surface area contributed by atoms with Crippen LogP contribution < -0.4 is 4.74 Å². The van der Waals surface area contributed by atoms with Crippen molar-refractivity contribution in [3.63, 3.8) is 0 Å². The summed E-state index contributed by atoms with van der Waals surface area (Å²) in [7, 11) is 0. The number of hydrogen-bond acceptors (Lipinski definition) is 3. The second kappa shape index (κ2) is 6.93. The van der Waals surface area contributed by atoms with Crippen molar-refractivity contribution in [1.82, 2.24) is 0 Å². The molecule has 0 bridgehead atoms. The minimum atomic E-state index is 0.516. The van der Waals surface area contributed by atoms with Gasteiger partial charge in [0.2, 0.25) is 0 Å². The molecule has 2 aromatic carbocycles. The maximum Gasteiger partial charge on any atom is 0.127 e. The molecule has 0 atom stereocenters. The highest BCUT2D eigenvalue weighted by Gasteiger charge is 2.06. The van der Waals surface area contributed by atoms with Crippen molar-refractivity contribution in [3.05, 3.63) is 42.0 Å². The minimum absolute atomic E-state index is 0.516. The molecule has 3 heteroatoms. The van der Waals surface area contributed by atoms with Gasteiger partial charge in [0.25, 0.3) is 0 Å². The molecular weight excluding hydrogens is 250 g/mol. The molecule has 0 aliphatic heterocycles. The molecule has 0 N–H and O–H groups in total. The van der Waals surface area contributed by atoms with E-state index in [9.17, 15) is 0 Å². The molecule has 0 aliphatic rings. The van der Waals surface area contributed by atoms with Crippen LogP contribution in [0.3, 0.4) is 0 Å². The van der Waals surface area contributed by atoms with Crippen LogP contribution in [0.2, 0.25) is 0 Å². The van der Waals surface area contributed by atoms with Gasteiger partial charge in [-0.15, -0.1) is 0 Å². The molecule has 0 aromatic heterocycles. The van der Waals surface area contributed by atoms with Gasteiger partial charge in [-0.25, -0.2) is 0 Å². The van der Waals surface area contributed by atoms with Crippen molar-refractivity contribution in [2.45, 2.75) is 13.8 Å². The van der Waals surface area contributed by atoms with Gasteiger partial charge in [-0.3, -0.25) is 0 Å². The monoisotopic (exact) mass is 269 g/mol. The Labute approximate surface area is 119 Å². The lowest BCUT2D eigenvalue weighted by atomic mass is 10.0. The highest BCUT2D eigenvalue weighted by molar-refractivity contribution is 5.92. The van der Waals surface area contributed by atoms with Crippen LogP contribution >= 0.6 is 0 Å². The third-order valence-electron chi connectivity index (χ3n) is 2.94. The predicted molar refractivity (Wildman–Crippen MR) is 79.8 cm³/mol. The van der Waals surface area contributed by atoms with Gasteiger partial charge in [-0.05, 0) is 18.1 Å². The fourth-order valence-electron chi connectivity index (χ4n) is 2.02. The van der Waals surface area contributed by atoms with E-state index in [0.29, 0.717) is 24.7 Å². The maximum atomic E-state index is 9.11. The Bertz CT molecular complexity index is 614. The first-order chi connectivity index (χ1) is 9.72. The summed E-state index contributed by atoms with van der Waals surface area (Å²) in [4.78, 5) is 0. The SMILES string of the molecule is CC(C)COCCOc1ccc(C#N)c2ccccc12. The fraction of sp³-hybridized carbons (Fsp3) is 0.353. The average Bonchev–Trinajstić information content (AvgIpc) is 2.46. The van der Waals surface area contributed by atoms with Crippen LogP contribution in [0.1, 0.15) is 19.4 Å². The van der Waals surface area contributed by atoms with E-state index in [0.717, 1.165) is 23.1 Å². The van der Waals surface area contributed by atoms with E-state index in [-0.39, 0.29) is 0 Å². The van der Waals surface area contributed by atoms with Crippen molar-refractivity contribution in [2.24, 2.45) is 5.92 Å². The molecule has 0 heterocycles. The molecule has 2 aromatic rings. The zero-order chi connectivity index (χ0) is 14.4. The third-order valence-corrected chi connectivity index (χ3v) is 2.94. The van der Waals surface area contributed by atoms with Gasteiger partial charge in [0.05, 0.1) is 18.2 Å². The quantitative estimate of drug-likeness (QED) is 0.750. The standard InChI is InChI=1S/C17H19NO2/c1-13(2)12-19-9-10-20-17-8-7-14(11-18)15-5-3-4-6-16(15)17/h3-8,13H,9-10,12H2,1-2H3. The van der Waals surface area contributed by atoms with E-state index < -0.39 is 0 Å². The summed E-state index contributed by atoms with van der Waals surface area (Å²) in [6.45, 7) is 6.08. The number of fused-ring (bicyclic) bond motifs is 1. The zero-order valence-electron chi connectivity index (χ0n) is 11.9. The van der Waals surface area contributed by atoms with E-state index in [2.05, 4.69) is 19.9 Å². The van der Waals surface area contributed by atoms with Crippen LogP contribution in [0.4, 0.5) is 0 Å². The molecular formula is C17H19NO2. The van der Waals surface area contributed by atoms with Crippen LogP contribution in [0.15, 0.2) is 36.4 Å². The average molecular weight is 269 g/mol. The van der Waals surface area contributed by atoms with Crippen molar-refractivity contribution in [3.8, 4) is 11.8 Å². The largest absolute Gasteiger partial charge is 0.491 e. The lowest BCUT2D eigenvalue weighted by Crippen LogP contribution is -2.10. The predicted octanol–water partition coefficient (Wildman–Crippen LogP) is 3.76. The Balaban J connectivity index is 2.06. The summed E-state index contributed by atoms with van der Waals surface area (Å²) in [6.07, 6.45) is 0. The van der Waals surface area contributed by atoms with Gasteiger partial charge in [-0.2, -0.15) is 5.26 Å². The number of ether oxygens (including phenoxy) is 2. The topological polar surface area (TPSA) is 42.2 Å². The molecule has 104 valence electrons. The number of nitrogens with zero attached hydrogens (tertiary/aromatic N) is 1. The Kier molecular flexibility index (Phi) is 4.97. The first-order valence-electron chi connectivity index (χ1n) is 6.84. The number of benzene rings is 2. The Morgan fingerprint density at radius 3 is 2.50 bits per heavy atom. The van der Waals surface area contributed by atoms with E-state index in [4.69, 9.17) is 14.7 Å². The molecule has 3 nitrogen and oxygen atoms in total. The summed E-state index contributed by atoms with van der Waals surface area (Å²) >= 11 is 0. The lowest BCUT2D eigenvalue weighted by Gasteiger charge is -2.11. The Morgan fingerprint density at radius 2 is 1.80 bits per heavy atom. The van der Waals surface area contributed by atoms with E-state index in [1.807, 2.05) is 30.3 Å². The lowest BCUT2D eigenvalue weighted by molar-refractivity contribution is 0.0823. The summed E-state index contributed by atoms with van der Waals surface area (Å²) in [6, 6.07) is 13.6. The van der Waals surface area contributed by atoms with Gasteiger partial charge in [-0.1, -0.05) is 38.1 Å². The molecule has 0 amide bonds. The van der Waals surface area contributed by atoms with Crippen molar-refractivity contribution >= 4 is 10.8 Å². The molecule has 20 heavy (non-hydrogen) atoms. The van der Waals surface area contributed by atoms with Gasteiger partial charge >= 0.3 is 0 Å². The first kappa shape index (κ1) is 14.4. The highest BCUT2D eigenvalue weighted by Crippen LogP contribution is 2.28. The van der Waals surface area contributed by atoms with Crippen LogP contribution in [-0.2, 0) is 4.74 Å². The summed E-state index contributed by atoms with van der Waals surface area (Å²) in [5.41, 5.74) is 0.670. The summed E-state index contributed by atoms with van der Waals surface area (Å²) in [5.74, 6) is 1.33. The minimum Gasteiger partial charge on any atom is -0.491 e. The zero-order valence-corrected chi connectivity index (χ0v) is 11.9. The Morgan fingerprint density at radius 1 is 1.05 bits per heavy atom.